The first kappa shape index (κ1) is 16.4. The number of phenols is 1. The summed E-state index contributed by atoms with van der Waals surface area (Å²) in [7, 11) is 1.73. The molecule has 0 spiro atoms. The monoisotopic (exact) mass is 290 g/mol. The van der Waals surface area contributed by atoms with Crippen molar-refractivity contribution in [2.45, 2.75) is 64.2 Å². The van der Waals surface area contributed by atoms with Crippen molar-refractivity contribution in [3.63, 3.8) is 0 Å². The van der Waals surface area contributed by atoms with Gasteiger partial charge in [0.2, 0.25) is 0 Å². The van der Waals surface area contributed by atoms with Crippen molar-refractivity contribution in [3.05, 3.63) is 29.3 Å². The third-order valence-electron chi connectivity index (χ3n) is 4.91. The summed E-state index contributed by atoms with van der Waals surface area (Å²) in [5.41, 5.74) is 2.51. The molecular formula is C19H30O2. The van der Waals surface area contributed by atoms with Crippen molar-refractivity contribution in [1.29, 1.82) is 0 Å². The molecule has 0 atom stereocenters. The minimum Gasteiger partial charge on any atom is -0.508 e. The maximum atomic E-state index is 10.0. The van der Waals surface area contributed by atoms with E-state index >= 15 is 0 Å². The molecule has 0 saturated heterocycles. The summed E-state index contributed by atoms with van der Waals surface area (Å²) in [6.07, 6.45) is 9.95. The largest absolute Gasteiger partial charge is 0.508 e. The Labute approximate surface area is 129 Å². The number of phenolic OH excluding ortho intramolecular Hbond substituents is 1. The molecule has 2 heteroatoms. The fraction of sp³-hybridized carbons (Fsp3) is 0.684. The van der Waals surface area contributed by atoms with E-state index in [1.807, 2.05) is 6.07 Å². The zero-order valence-electron chi connectivity index (χ0n) is 13.6. The number of aryl methyl sites for hydroxylation is 1. The fourth-order valence-electron chi connectivity index (χ4n) is 3.66. The summed E-state index contributed by atoms with van der Waals surface area (Å²) in [4.78, 5) is 0. The Balaban J connectivity index is 1.95. The molecule has 1 aromatic rings. The SMILES string of the molecule is CCCC1CCC(c2ccc(O)c(CCCOC)c2)CC1. The molecule has 1 saturated carbocycles. The normalized spacial score (nSPS) is 22.4. The first-order valence-corrected chi connectivity index (χ1v) is 8.55. The Morgan fingerprint density at radius 2 is 1.95 bits per heavy atom. The minimum absolute atomic E-state index is 0.439. The lowest BCUT2D eigenvalue weighted by atomic mass is 9.77. The summed E-state index contributed by atoms with van der Waals surface area (Å²) < 4.78 is 5.10. The van der Waals surface area contributed by atoms with Crippen LogP contribution in [0.3, 0.4) is 0 Å². The fourth-order valence-corrected chi connectivity index (χ4v) is 3.66. The smallest absolute Gasteiger partial charge is 0.118 e. The van der Waals surface area contributed by atoms with E-state index in [2.05, 4.69) is 19.1 Å². The number of aromatic hydroxyl groups is 1. The van der Waals surface area contributed by atoms with Crippen molar-refractivity contribution in [3.8, 4) is 5.75 Å². The molecule has 0 amide bonds. The van der Waals surface area contributed by atoms with Crippen LogP contribution in [-0.2, 0) is 11.2 Å². The van der Waals surface area contributed by atoms with Crippen LogP contribution < -0.4 is 0 Å². The van der Waals surface area contributed by atoms with Crippen LogP contribution in [0.1, 0.15) is 68.9 Å². The Hall–Kier alpha value is -1.02. The van der Waals surface area contributed by atoms with Crippen LogP contribution in [0.15, 0.2) is 18.2 Å². The molecule has 2 nitrogen and oxygen atoms in total. The highest BCUT2D eigenvalue weighted by Crippen LogP contribution is 2.38. The Morgan fingerprint density at radius 1 is 1.19 bits per heavy atom. The van der Waals surface area contributed by atoms with Gasteiger partial charge < -0.3 is 9.84 Å². The number of hydrogen-bond acceptors (Lipinski definition) is 2. The van der Waals surface area contributed by atoms with Crippen molar-refractivity contribution >= 4 is 0 Å². The molecular weight excluding hydrogens is 260 g/mol. The Kier molecular flexibility index (Phi) is 6.56. The quantitative estimate of drug-likeness (QED) is 0.712. The summed E-state index contributed by atoms with van der Waals surface area (Å²) in [6, 6.07) is 6.24. The third-order valence-corrected chi connectivity index (χ3v) is 4.91. The summed E-state index contributed by atoms with van der Waals surface area (Å²) in [5.74, 6) is 2.08. The molecule has 1 aliphatic carbocycles. The Bertz CT molecular complexity index is 420. The van der Waals surface area contributed by atoms with E-state index in [0.29, 0.717) is 11.7 Å². The second-order valence-corrected chi connectivity index (χ2v) is 6.49. The van der Waals surface area contributed by atoms with E-state index < -0.39 is 0 Å². The van der Waals surface area contributed by atoms with Gasteiger partial charge in [-0.3, -0.25) is 0 Å². The van der Waals surface area contributed by atoms with Gasteiger partial charge in [-0.05, 0) is 67.6 Å². The van der Waals surface area contributed by atoms with Crippen molar-refractivity contribution in [1.82, 2.24) is 0 Å². The minimum atomic E-state index is 0.439. The maximum absolute atomic E-state index is 10.0. The van der Waals surface area contributed by atoms with Gasteiger partial charge in [0, 0.05) is 13.7 Å². The molecule has 0 aliphatic heterocycles. The molecule has 118 valence electrons. The number of ether oxygens (including phenoxy) is 1. The zero-order chi connectivity index (χ0) is 15.1. The average molecular weight is 290 g/mol. The van der Waals surface area contributed by atoms with E-state index in [1.165, 1.54) is 44.1 Å². The molecule has 21 heavy (non-hydrogen) atoms. The summed E-state index contributed by atoms with van der Waals surface area (Å²) >= 11 is 0. The van der Waals surface area contributed by atoms with Crippen LogP contribution in [0.5, 0.6) is 5.75 Å². The highest BCUT2D eigenvalue weighted by molar-refractivity contribution is 5.37. The van der Waals surface area contributed by atoms with E-state index in [-0.39, 0.29) is 0 Å². The highest BCUT2D eigenvalue weighted by atomic mass is 16.5. The van der Waals surface area contributed by atoms with Gasteiger partial charge in [0.15, 0.2) is 0 Å². The van der Waals surface area contributed by atoms with Crippen LogP contribution >= 0.6 is 0 Å². The zero-order valence-corrected chi connectivity index (χ0v) is 13.6. The Morgan fingerprint density at radius 3 is 2.62 bits per heavy atom. The number of methoxy groups -OCH3 is 1. The highest BCUT2D eigenvalue weighted by Gasteiger charge is 2.22. The number of hydrogen-bond donors (Lipinski definition) is 1. The van der Waals surface area contributed by atoms with Crippen LogP contribution in [-0.4, -0.2) is 18.8 Å². The van der Waals surface area contributed by atoms with Gasteiger partial charge in [-0.2, -0.15) is 0 Å². The van der Waals surface area contributed by atoms with Crippen LogP contribution in [0.25, 0.3) is 0 Å². The van der Waals surface area contributed by atoms with E-state index in [1.54, 1.807) is 7.11 Å². The van der Waals surface area contributed by atoms with E-state index in [9.17, 15) is 5.11 Å². The van der Waals surface area contributed by atoms with Gasteiger partial charge in [-0.15, -0.1) is 0 Å². The molecule has 1 N–H and O–H groups in total. The van der Waals surface area contributed by atoms with Gasteiger partial charge in [0.1, 0.15) is 5.75 Å². The molecule has 0 heterocycles. The second-order valence-electron chi connectivity index (χ2n) is 6.49. The third kappa shape index (κ3) is 4.74. The predicted molar refractivity (Wildman–Crippen MR) is 87.9 cm³/mol. The first-order chi connectivity index (χ1) is 10.2. The summed E-state index contributed by atoms with van der Waals surface area (Å²) in [5, 5.41) is 10.0. The molecule has 0 unspecified atom stereocenters. The number of benzene rings is 1. The van der Waals surface area contributed by atoms with Gasteiger partial charge in [-0.1, -0.05) is 31.9 Å². The molecule has 2 rings (SSSR count). The maximum Gasteiger partial charge on any atom is 0.118 e. The molecule has 0 bridgehead atoms. The molecule has 1 aliphatic rings. The van der Waals surface area contributed by atoms with Crippen LogP contribution in [0, 0.1) is 5.92 Å². The van der Waals surface area contributed by atoms with Crippen molar-refractivity contribution in [2.75, 3.05) is 13.7 Å². The van der Waals surface area contributed by atoms with Crippen molar-refractivity contribution < 1.29 is 9.84 Å². The lowest BCUT2D eigenvalue weighted by molar-refractivity contribution is 0.195. The van der Waals surface area contributed by atoms with Gasteiger partial charge in [0.25, 0.3) is 0 Å². The molecule has 1 fully saturated rings. The lowest BCUT2D eigenvalue weighted by Gasteiger charge is -2.29. The van der Waals surface area contributed by atoms with E-state index in [0.717, 1.165) is 30.9 Å². The standard InChI is InChI=1S/C19H30O2/c1-3-5-15-7-9-16(10-8-15)17-11-12-19(20)18(14-17)6-4-13-21-2/h11-12,14-16,20H,3-10,13H2,1-2H3. The molecule has 0 radical (unpaired) electrons. The number of rotatable bonds is 7. The van der Waals surface area contributed by atoms with Gasteiger partial charge >= 0.3 is 0 Å². The summed E-state index contributed by atoms with van der Waals surface area (Å²) in [6.45, 7) is 3.05. The van der Waals surface area contributed by atoms with Gasteiger partial charge in [0.05, 0.1) is 0 Å². The van der Waals surface area contributed by atoms with Crippen LogP contribution in [0.2, 0.25) is 0 Å². The second kappa shape index (κ2) is 8.43. The first-order valence-electron chi connectivity index (χ1n) is 8.55. The van der Waals surface area contributed by atoms with Crippen molar-refractivity contribution in [2.24, 2.45) is 5.92 Å². The molecule has 0 aromatic heterocycles. The van der Waals surface area contributed by atoms with Gasteiger partial charge in [-0.25, -0.2) is 0 Å². The predicted octanol–water partition coefficient (Wildman–Crippen LogP) is 5.05. The topological polar surface area (TPSA) is 29.5 Å². The average Bonchev–Trinajstić information content (AvgIpc) is 2.51. The lowest BCUT2D eigenvalue weighted by Crippen LogP contribution is -2.13. The van der Waals surface area contributed by atoms with E-state index in [4.69, 9.17) is 4.74 Å². The molecule has 1 aromatic carbocycles. The van der Waals surface area contributed by atoms with Crippen LogP contribution in [0.4, 0.5) is 0 Å².